The minimum absolute atomic E-state index is 0.155. The van der Waals surface area contributed by atoms with E-state index in [0.29, 0.717) is 18.4 Å². The first-order valence-electron chi connectivity index (χ1n) is 8.99. The number of hydrogen-bond donors (Lipinski definition) is 2. The molecular formula is C17H28F3N5O. The molecule has 0 radical (unpaired) electrons. The molecule has 0 saturated carbocycles. The maximum Gasteiger partial charge on any atom is 0.424 e. The number of aliphatic imine (C=N–C) groups is 1. The zero-order valence-corrected chi connectivity index (χ0v) is 15.6. The Labute approximate surface area is 152 Å². The van der Waals surface area contributed by atoms with Gasteiger partial charge in [-0.2, -0.15) is 13.2 Å². The first kappa shape index (κ1) is 20.5. The highest BCUT2D eigenvalue weighted by molar-refractivity contribution is 5.80. The normalized spacial score (nSPS) is 19.5. The van der Waals surface area contributed by atoms with Crippen LogP contribution in [0.15, 0.2) is 17.4 Å². The third-order valence-electron chi connectivity index (χ3n) is 4.81. The van der Waals surface area contributed by atoms with Crippen LogP contribution in [0.3, 0.4) is 0 Å². The Balaban J connectivity index is 2.13. The molecule has 2 rings (SSSR count). The molecule has 2 N–H and O–H groups in total. The molecule has 1 saturated heterocycles. The summed E-state index contributed by atoms with van der Waals surface area (Å²) >= 11 is 0. The molecule has 1 unspecified atom stereocenters. The Kier molecular flexibility index (Phi) is 6.54. The predicted octanol–water partition coefficient (Wildman–Crippen LogP) is 2.26. The van der Waals surface area contributed by atoms with Gasteiger partial charge in [-0.3, -0.25) is 4.99 Å². The van der Waals surface area contributed by atoms with Crippen LogP contribution >= 0.6 is 0 Å². The summed E-state index contributed by atoms with van der Waals surface area (Å²) in [5.41, 5.74) is -3.03. The van der Waals surface area contributed by atoms with Crippen molar-refractivity contribution in [2.75, 3.05) is 26.2 Å². The lowest BCUT2D eigenvalue weighted by Crippen LogP contribution is -2.47. The Morgan fingerprint density at radius 2 is 2.04 bits per heavy atom. The summed E-state index contributed by atoms with van der Waals surface area (Å²) in [5.74, 6) is 0.827. The molecule has 0 aromatic carbocycles. The summed E-state index contributed by atoms with van der Waals surface area (Å²) in [4.78, 5) is 10.1. The van der Waals surface area contributed by atoms with E-state index in [2.05, 4.69) is 27.1 Å². The Morgan fingerprint density at radius 1 is 1.38 bits per heavy atom. The van der Waals surface area contributed by atoms with Crippen molar-refractivity contribution in [3.05, 3.63) is 18.2 Å². The van der Waals surface area contributed by atoms with Crippen LogP contribution in [0.2, 0.25) is 0 Å². The predicted molar refractivity (Wildman–Crippen MR) is 93.7 cm³/mol. The second kappa shape index (κ2) is 8.28. The summed E-state index contributed by atoms with van der Waals surface area (Å²) in [6.07, 6.45) is -0.724. The minimum Gasteiger partial charge on any atom is -0.374 e. The molecule has 1 aromatic rings. The summed E-state index contributed by atoms with van der Waals surface area (Å²) in [5, 5.41) is 13.5. The van der Waals surface area contributed by atoms with E-state index in [-0.39, 0.29) is 6.54 Å². The first-order chi connectivity index (χ1) is 12.2. The Morgan fingerprint density at radius 3 is 2.54 bits per heavy atom. The molecule has 6 nitrogen and oxygen atoms in total. The van der Waals surface area contributed by atoms with Gasteiger partial charge in [-0.15, -0.1) is 0 Å². The maximum absolute atomic E-state index is 13.5. The van der Waals surface area contributed by atoms with Crippen molar-refractivity contribution in [3.63, 3.8) is 0 Å². The van der Waals surface area contributed by atoms with Gasteiger partial charge in [0.2, 0.25) is 5.60 Å². The van der Waals surface area contributed by atoms with Crippen LogP contribution in [0.1, 0.15) is 38.9 Å². The third-order valence-corrected chi connectivity index (χ3v) is 4.81. The number of imidazole rings is 1. The zero-order chi connectivity index (χ0) is 19.4. The van der Waals surface area contributed by atoms with E-state index in [1.807, 2.05) is 6.92 Å². The highest BCUT2D eigenvalue weighted by atomic mass is 19.4. The summed E-state index contributed by atoms with van der Waals surface area (Å²) in [6.45, 7) is 6.25. The minimum atomic E-state index is -4.83. The molecule has 2 heterocycles. The number of guanidine groups is 1. The van der Waals surface area contributed by atoms with E-state index in [1.54, 1.807) is 0 Å². The smallest absolute Gasteiger partial charge is 0.374 e. The first-order valence-corrected chi connectivity index (χ1v) is 8.99. The van der Waals surface area contributed by atoms with Crippen molar-refractivity contribution in [2.24, 2.45) is 18.0 Å². The standard InChI is InChI=1S/C17H28F3N5O/c1-4-21-15(25-10-5-13(2)6-11-25)23-8-7-16(26,17(18,19)20)14-22-9-12-24(14)3/h9,12-13,26H,4-8,10-11H2,1-3H3,(H,21,23). The fraction of sp³-hybridized carbons (Fsp3) is 0.765. The summed E-state index contributed by atoms with van der Waals surface area (Å²) < 4.78 is 41.8. The molecule has 1 aromatic heterocycles. The lowest BCUT2D eigenvalue weighted by molar-refractivity contribution is -0.272. The maximum atomic E-state index is 13.5. The number of nitrogens with zero attached hydrogens (tertiary/aromatic N) is 4. The quantitative estimate of drug-likeness (QED) is 0.612. The SMILES string of the molecule is CCNC(=NCCC(O)(c1nccn1C)C(F)(F)F)N1CCC(C)CC1. The number of aliphatic hydroxyl groups is 1. The molecule has 1 aliphatic heterocycles. The van der Waals surface area contributed by atoms with Crippen LogP contribution in [0.5, 0.6) is 0 Å². The van der Waals surface area contributed by atoms with Gasteiger partial charge in [-0.05, 0) is 25.7 Å². The summed E-state index contributed by atoms with van der Waals surface area (Å²) in [7, 11) is 1.43. The molecule has 1 fully saturated rings. The summed E-state index contributed by atoms with van der Waals surface area (Å²) in [6, 6.07) is 0. The van der Waals surface area contributed by atoms with Gasteiger partial charge in [0.1, 0.15) is 5.82 Å². The molecule has 0 spiro atoms. The lowest BCUT2D eigenvalue weighted by Gasteiger charge is -2.33. The molecule has 26 heavy (non-hydrogen) atoms. The van der Waals surface area contributed by atoms with Crippen molar-refractivity contribution in [3.8, 4) is 0 Å². The highest BCUT2D eigenvalue weighted by Crippen LogP contribution is 2.40. The number of aryl methyl sites for hydroxylation is 1. The van der Waals surface area contributed by atoms with E-state index in [9.17, 15) is 18.3 Å². The van der Waals surface area contributed by atoms with E-state index in [4.69, 9.17) is 0 Å². The van der Waals surface area contributed by atoms with Crippen molar-refractivity contribution in [2.45, 2.75) is 44.9 Å². The van der Waals surface area contributed by atoms with E-state index < -0.39 is 24.0 Å². The van der Waals surface area contributed by atoms with Crippen molar-refractivity contribution >= 4 is 5.96 Å². The Hall–Kier alpha value is -1.77. The van der Waals surface area contributed by atoms with E-state index in [1.165, 1.54) is 24.0 Å². The number of hydrogen-bond acceptors (Lipinski definition) is 3. The van der Waals surface area contributed by atoms with E-state index >= 15 is 0 Å². The molecule has 1 aliphatic rings. The molecular weight excluding hydrogens is 347 g/mol. The van der Waals surface area contributed by atoms with Gasteiger partial charge in [0, 0.05) is 52.0 Å². The fourth-order valence-electron chi connectivity index (χ4n) is 3.11. The number of alkyl halides is 3. The fourth-order valence-corrected chi connectivity index (χ4v) is 3.11. The van der Waals surface area contributed by atoms with Crippen LogP contribution in [0, 0.1) is 5.92 Å². The number of halogens is 3. The number of rotatable bonds is 5. The molecule has 0 amide bonds. The second-order valence-electron chi connectivity index (χ2n) is 6.88. The van der Waals surface area contributed by atoms with Crippen LogP contribution in [0.25, 0.3) is 0 Å². The van der Waals surface area contributed by atoms with Crippen LogP contribution in [-0.2, 0) is 12.6 Å². The van der Waals surface area contributed by atoms with Gasteiger partial charge in [0.15, 0.2) is 5.96 Å². The average Bonchev–Trinajstić information content (AvgIpc) is 3.00. The van der Waals surface area contributed by atoms with Gasteiger partial charge in [-0.1, -0.05) is 6.92 Å². The van der Waals surface area contributed by atoms with Crippen molar-refractivity contribution < 1.29 is 18.3 Å². The number of aromatic nitrogens is 2. The number of nitrogens with one attached hydrogen (secondary N) is 1. The van der Waals surface area contributed by atoms with Crippen LogP contribution < -0.4 is 5.32 Å². The van der Waals surface area contributed by atoms with Crippen molar-refractivity contribution in [1.29, 1.82) is 0 Å². The monoisotopic (exact) mass is 375 g/mol. The van der Waals surface area contributed by atoms with E-state index in [0.717, 1.165) is 25.9 Å². The molecule has 148 valence electrons. The molecule has 9 heteroatoms. The van der Waals surface area contributed by atoms with Gasteiger partial charge >= 0.3 is 6.18 Å². The lowest BCUT2D eigenvalue weighted by atomic mass is 9.97. The van der Waals surface area contributed by atoms with Gasteiger partial charge < -0.3 is 19.9 Å². The second-order valence-corrected chi connectivity index (χ2v) is 6.88. The Bertz CT molecular complexity index is 608. The average molecular weight is 375 g/mol. The van der Waals surface area contributed by atoms with Gasteiger partial charge in [-0.25, -0.2) is 4.98 Å². The van der Waals surface area contributed by atoms with Gasteiger partial charge in [0.05, 0.1) is 0 Å². The van der Waals surface area contributed by atoms with Crippen LogP contribution in [-0.4, -0.2) is 57.9 Å². The largest absolute Gasteiger partial charge is 0.424 e. The molecule has 0 aliphatic carbocycles. The van der Waals surface area contributed by atoms with Gasteiger partial charge in [0.25, 0.3) is 0 Å². The third kappa shape index (κ3) is 4.49. The highest BCUT2D eigenvalue weighted by Gasteiger charge is 2.57. The molecule has 0 bridgehead atoms. The van der Waals surface area contributed by atoms with Crippen LogP contribution in [0.4, 0.5) is 13.2 Å². The number of piperidine rings is 1. The molecule has 1 atom stereocenters. The topological polar surface area (TPSA) is 65.7 Å². The number of likely N-dealkylation sites (tertiary alicyclic amines) is 1. The van der Waals surface area contributed by atoms with Crippen molar-refractivity contribution in [1.82, 2.24) is 19.8 Å². The zero-order valence-electron chi connectivity index (χ0n) is 15.6.